The van der Waals surface area contributed by atoms with E-state index in [0.717, 1.165) is 11.1 Å². The fourth-order valence-corrected chi connectivity index (χ4v) is 3.11. The zero-order chi connectivity index (χ0) is 20.8. The lowest BCUT2D eigenvalue weighted by Crippen LogP contribution is -2.38. The zero-order valence-corrected chi connectivity index (χ0v) is 17.3. The number of rotatable bonds is 7. The number of hydrogen-bond acceptors (Lipinski definition) is 3. The van der Waals surface area contributed by atoms with E-state index in [-0.39, 0.29) is 17.0 Å². The predicted molar refractivity (Wildman–Crippen MR) is 117 cm³/mol. The summed E-state index contributed by atoms with van der Waals surface area (Å²) >= 11 is 5.96. The van der Waals surface area contributed by atoms with Crippen molar-refractivity contribution in [1.82, 2.24) is 14.8 Å². The van der Waals surface area contributed by atoms with Crippen molar-refractivity contribution in [1.29, 1.82) is 0 Å². The molecule has 0 bridgehead atoms. The number of nitrogens with zero attached hydrogens (tertiary/aromatic N) is 2. The molecule has 0 aliphatic carbocycles. The van der Waals surface area contributed by atoms with Crippen LogP contribution >= 0.6 is 11.6 Å². The third-order valence-corrected chi connectivity index (χ3v) is 4.87. The number of H-pyrrole nitrogens is 1. The second-order valence-corrected chi connectivity index (χ2v) is 7.57. The first-order valence-electron chi connectivity index (χ1n) is 9.41. The van der Waals surface area contributed by atoms with Crippen LogP contribution in [0.25, 0.3) is 11.3 Å². The highest BCUT2D eigenvalue weighted by atomic mass is 35.5. The molecule has 1 N–H and O–H groups in total. The van der Waals surface area contributed by atoms with Crippen LogP contribution in [-0.2, 0) is 6.54 Å². The summed E-state index contributed by atoms with van der Waals surface area (Å²) < 4.78 is 0. The molecule has 0 radical (unpaired) electrons. The van der Waals surface area contributed by atoms with Crippen molar-refractivity contribution >= 4 is 17.5 Å². The van der Waals surface area contributed by atoms with Gasteiger partial charge in [0.1, 0.15) is 5.56 Å². The van der Waals surface area contributed by atoms with Crippen LogP contribution in [0.2, 0.25) is 5.02 Å². The van der Waals surface area contributed by atoms with Crippen LogP contribution in [0.1, 0.15) is 15.9 Å². The molecule has 5 nitrogen and oxygen atoms in total. The molecule has 0 atom stereocenters. The van der Waals surface area contributed by atoms with Gasteiger partial charge in [-0.2, -0.15) is 0 Å². The number of aromatic amines is 1. The van der Waals surface area contributed by atoms with Crippen molar-refractivity contribution < 1.29 is 4.79 Å². The van der Waals surface area contributed by atoms with Crippen molar-refractivity contribution in [3.8, 4) is 11.3 Å². The largest absolute Gasteiger partial charge is 0.333 e. The number of aromatic nitrogens is 1. The molecule has 1 heterocycles. The number of amides is 1. The summed E-state index contributed by atoms with van der Waals surface area (Å²) in [6.45, 7) is 1.61. The van der Waals surface area contributed by atoms with Crippen molar-refractivity contribution in [3.63, 3.8) is 0 Å². The van der Waals surface area contributed by atoms with Crippen LogP contribution in [0, 0.1) is 0 Å². The van der Waals surface area contributed by atoms with Crippen LogP contribution in [0.5, 0.6) is 0 Å². The predicted octanol–water partition coefficient (Wildman–Crippen LogP) is 3.90. The molecule has 0 saturated heterocycles. The number of pyridine rings is 1. The maximum absolute atomic E-state index is 13.2. The molecule has 0 spiro atoms. The molecule has 3 aromatic rings. The Kier molecular flexibility index (Phi) is 6.86. The summed E-state index contributed by atoms with van der Waals surface area (Å²) in [6.07, 6.45) is 0. The molecule has 150 valence electrons. The highest BCUT2D eigenvalue weighted by molar-refractivity contribution is 6.30. The van der Waals surface area contributed by atoms with Gasteiger partial charge < -0.3 is 14.8 Å². The molecular formula is C23H24ClN3O2. The van der Waals surface area contributed by atoms with E-state index in [1.165, 1.54) is 0 Å². The minimum Gasteiger partial charge on any atom is -0.333 e. The molecule has 0 unspecified atom stereocenters. The quantitative estimate of drug-likeness (QED) is 0.643. The SMILES string of the molecule is CN(C)CCN(Cc1ccc(Cl)cc1)C(=O)c1ccc(-c2ccccc2)[nH]c1=O. The van der Waals surface area contributed by atoms with E-state index in [0.29, 0.717) is 30.4 Å². The number of carbonyl (C=O) groups excluding carboxylic acids is 1. The van der Waals surface area contributed by atoms with E-state index in [1.807, 2.05) is 61.5 Å². The Bertz CT molecular complexity index is 1010. The minimum absolute atomic E-state index is 0.136. The second kappa shape index (κ2) is 9.54. The van der Waals surface area contributed by atoms with Gasteiger partial charge in [-0.25, -0.2) is 0 Å². The monoisotopic (exact) mass is 409 g/mol. The van der Waals surface area contributed by atoms with Gasteiger partial charge in [0, 0.05) is 30.4 Å². The third kappa shape index (κ3) is 5.56. The molecule has 29 heavy (non-hydrogen) atoms. The van der Waals surface area contributed by atoms with Gasteiger partial charge in [0.2, 0.25) is 0 Å². The van der Waals surface area contributed by atoms with Crippen LogP contribution in [0.15, 0.2) is 71.5 Å². The Morgan fingerprint density at radius 2 is 1.62 bits per heavy atom. The molecule has 6 heteroatoms. The highest BCUT2D eigenvalue weighted by Crippen LogP contribution is 2.16. The summed E-state index contributed by atoms with van der Waals surface area (Å²) in [7, 11) is 3.90. The fourth-order valence-electron chi connectivity index (χ4n) is 2.98. The van der Waals surface area contributed by atoms with Crippen molar-refractivity contribution in [3.05, 3.63) is 93.2 Å². The smallest absolute Gasteiger partial charge is 0.261 e. The topological polar surface area (TPSA) is 56.4 Å². The van der Waals surface area contributed by atoms with E-state index in [9.17, 15) is 9.59 Å². The third-order valence-electron chi connectivity index (χ3n) is 4.62. The maximum Gasteiger partial charge on any atom is 0.261 e. The molecule has 0 aliphatic heterocycles. The van der Waals surface area contributed by atoms with Gasteiger partial charge in [-0.3, -0.25) is 9.59 Å². The van der Waals surface area contributed by atoms with Gasteiger partial charge in [-0.05, 0) is 49.5 Å². The molecular weight excluding hydrogens is 386 g/mol. The Balaban J connectivity index is 1.86. The number of benzene rings is 2. The van der Waals surface area contributed by atoms with Crippen LogP contribution in [0.3, 0.4) is 0 Å². The van der Waals surface area contributed by atoms with Crippen LogP contribution in [0.4, 0.5) is 0 Å². The standard InChI is InChI=1S/C23H24ClN3O2/c1-26(2)14-15-27(16-17-8-10-19(24)11-9-17)23(29)20-12-13-21(25-22(20)28)18-6-4-3-5-7-18/h3-13H,14-16H2,1-2H3,(H,25,28). The summed E-state index contributed by atoms with van der Waals surface area (Å²) in [5.41, 5.74) is 2.29. The number of carbonyl (C=O) groups is 1. The second-order valence-electron chi connectivity index (χ2n) is 7.14. The number of halogens is 1. The number of nitrogens with one attached hydrogen (secondary N) is 1. The van der Waals surface area contributed by atoms with Crippen LogP contribution in [-0.4, -0.2) is 47.9 Å². The Morgan fingerprint density at radius 3 is 2.24 bits per heavy atom. The number of hydrogen-bond donors (Lipinski definition) is 1. The molecule has 2 aromatic carbocycles. The minimum atomic E-state index is -0.387. The first kappa shape index (κ1) is 20.8. The zero-order valence-electron chi connectivity index (χ0n) is 16.6. The Morgan fingerprint density at radius 1 is 0.931 bits per heavy atom. The average Bonchev–Trinajstić information content (AvgIpc) is 2.72. The molecule has 0 aliphatic rings. The molecule has 0 saturated carbocycles. The normalized spacial score (nSPS) is 10.9. The summed E-state index contributed by atoms with van der Waals surface area (Å²) in [6, 6.07) is 20.3. The Labute approximate surface area is 175 Å². The summed E-state index contributed by atoms with van der Waals surface area (Å²) in [5.74, 6) is -0.289. The lowest BCUT2D eigenvalue weighted by atomic mass is 10.1. The Hall–Kier alpha value is -2.89. The van der Waals surface area contributed by atoms with Gasteiger partial charge in [-0.1, -0.05) is 54.1 Å². The highest BCUT2D eigenvalue weighted by Gasteiger charge is 2.20. The molecule has 0 fully saturated rings. The van der Waals surface area contributed by atoms with Gasteiger partial charge in [0.15, 0.2) is 0 Å². The van der Waals surface area contributed by atoms with Crippen LogP contribution < -0.4 is 5.56 Å². The summed E-state index contributed by atoms with van der Waals surface area (Å²) in [4.78, 5) is 32.4. The van der Waals surface area contributed by atoms with E-state index in [4.69, 9.17) is 11.6 Å². The van der Waals surface area contributed by atoms with Gasteiger partial charge in [-0.15, -0.1) is 0 Å². The lowest BCUT2D eigenvalue weighted by Gasteiger charge is -2.24. The summed E-state index contributed by atoms with van der Waals surface area (Å²) in [5, 5.41) is 0.646. The average molecular weight is 410 g/mol. The van der Waals surface area contributed by atoms with Gasteiger partial charge in [0.25, 0.3) is 11.5 Å². The maximum atomic E-state index is 13.2. The van der Waals surface area contributed by atoms with Crippen molar-refractivity contribution in [2.24, 2.45) is 0 Å². The molecule has 3 rings (SSSR count). The van der Waals surface area contributed by atoms with Gasteiger partial charge >= 0.3 is 0 Å². The molecule has 1 aromatic heterocycles. The van der Waals surface area contributed by atoms with Crippen molar-refractivity contribution in [2.45, 2.75) is 6.54 Å². The number of likely N-dealkylation sites (N-methyl/N-ethyl adjacent to an activating group) is 1. The van der Waals surface area contributed by atoms with Crippen molar-refractivity contribution in [2.75, 3.05) is 27.2 Å². The van der Waals surface area contributed by atoms with Gasteiger partial charge in [0.05, 0.1) is 0 Å². The first-order chi connectivity index (χ1) is 13.9. The fraction of sp³-hybridized carbons (Fsp3) is 0.217. The lowest BCUT2D eigenvalue weighted by molar-refractivity contribution is 0.0730. The van der Waals surface area contributed by atoms with E-state index in [1.54, 1.807) is 29.2 Å². The van der Waals surface area contributed by atoms with E-state index >= 15 is 0 Å². The van der Waals surface area contributed by atoms with E-state index < -0.39 is 0 Å². The van der Waals surface area contributed by atoms with E-state index in [2.05, 4.69) is 4.98 Å². The first-order valence-corrected chi connectivity index (χ1v) is 9.79. The molecule has 1 amide bonds.